The van der Waals surface area contributed by atoms with Crippen LogP contribution >= 0.6 is 11.3 Å². The molecule has 128 valence electrons. The van der Waals surface area contributed by atoms with Gasteiger partial charge in [0.25, 0.3) is 0 Å². The first kappa shape index (κ1) is 16.1. The van der Waals surface area contributed by atoms with Gasteiger partial charge >= 0.3 is 5.97 Å². The van der Waals surface area contributed by atoms with Gasteiger partial charge in [0.05, 0.1) is 15.8 Å². The van der Waals surface area contributed by atoms with Crippen molar-refractivity contribution in [2.45, 2.75) is 6.54 Å². The molecule has 0 bridgehead atoms. The Bertz CT molecular complexity index is 867. The number of thiazole rings is 1. The first-order valence-corrected chi connectivity index (χ1v) is 9.16. The zero-order valence-corrected chi connectivity index (χ0v) is 14.6. The van der Waals surface area contributed by atoms with Gasteiger partial charge in [-0.3, -0.25) is 4.90 Å². The molecule has 1 saturated heterocycles. The van der Waals surface area contributed by atoms with Crippen LogP contribution in [0.4, 0.5) is 5.13 Å². The van der Waals surface area contributed by atoms with Gasteiger partial charge in [-0.05, 0) is 29.8 Å². The van der Waals surface area contributed by atoms with E-state index in [1.807, 2.05) is 24.3 Å². The standard InChI is InChI=1S/C19H19N3O2S/c23-18(24)15-5-3-4-14(12-15)13-21-8-10-22(11-9-21)19-20-16-6-1-2-7-17(16)25-19/h1-7,12H,8-11,13H2,(H,23,24). The highest BCUT2D eigenvalue weighted by Gasteiger charge is 2.20. The van der Waals surface area contributed by atoms with Gasteiger partial charge in [0, 0.05) is 32.7 Å². The number of rotatable bonds is 4. The summed E-state index contributed by atoms with van der Waals surface area (Å²) in [6, 6.07) is 15.5. The van der Waals surface area contributed by atoms with E-state index < -0.39 is 5.97 Å². The summed E-state index contributed by atoms with van der Waals surface area (Å²) in [5.74, 6) is -0.873. The molecule has 6 heteroatoms. The van der Waals surface area contributed by atoms with Crippen molar-refractivity contribution in [2.24, 2.45) is 0 Å². The van der Waals surface area contributed by atoms with Crippen molar-refractivity contribution in [3.8, 4) is 0 Å². The second kappa shape index (κ2) is 6.82. The van der Waals surface area contributed by atoms with Gasteiger partial charge in [0.1, 0.15) is 0 Å². The maximum absolute atomic E-state index is 11.1. The number of nitrogens with zero attached hydrogens (tertiary/aromatic N) is 3. The fourth-order valence-corrected chi connectivity index (χ4v) is 4.17. The average molecular weight is 353 g/mol. The Morgan fingerprint density at radius 3 is 2.64 bits per heavy atom. The molecule has 0 spiro atoms. The number of hydrogen-bond donors (Lipinski definition) is 1. The maximum atomic E-state index is 11.1. The monoisotopic (exact) mass is 353 g/mol. The summed E-state index contributed by atoms with van der Waals surface area (Å²) < 4.78 is 1.23. The summed E-state index contributed by atoms with van der Waals surface area (Å²) in [6.07, 6.45) is 0. The fraction of sp³-hybridized carbons (Fsp3) is 0.263. The Morgan fingerprint density at radius 1 is 1.08 bits per heavy atom. The molecule has 1 aromatic heterocycles. The lowest BCUT2D eigenvalue weighted by molar-refractivity contribution is 0.0696. The molecule has 5 nitrogen and oxygen atoms in total. The average Bonchev–Trinajstić information content (AvgIpc) is 3.07. The topological polar surface area (TPSA) is 56.7 Å². The highest BCUT2D eigenvalue weighted by molar-refractivity contribution is 7.22. The Hall–Kier alpha value is -2.44. The van der Waals surface area contributed by atoms with Crippen LogP contribution in [0, 0.1) is 0 Å². The van der Waals surface area contributed by atoms with E-state index in [1.165, 1.54) is 4.70 Å². The lowest BCUT2D eigenvalue weighted by Crippen LogP contribution is -2.45. The van der Waals surface area contributed by atoms with Crippen molar-refractivity contribution < 1.29 is 9.90 Å². The second-order valence-corrected chi connectivity index (χ2v) is 7.24. The molecule has 1 N–H and O–H groups in total. The zero-order valence-electron chi connectivity index (χ0n) is 13.8. The van der Waals surface area contributed by atoms with Crippen molar-refractivity contribution in [1.29, 1.82) is 0 Å². The summed E-state index contributed by atoms with van der Waals surface area (Å²) in [5, 5.41) is 10.2. The minimum Gasteiger partial charge on any atom is -0.478 e. The second-order valence-electron chi connectivity index (χ2n) is 6.23. The SMILES string of the molecule is O=C(O)c1cccc(CN2CCN(c3nc4ccccc4s3)CC2)c1. The van der Waals surface area contributed by atoms with Crippen LogP contribution in [0.1, 0.15) is 15.9 Å². The van der Waals surface area contributed by atoms with Gasteiger partial charge in [-0.2, -0.15) is 0 Å². The molecule has 0 aliphatic carbocycles. The van der Waals surface area contributed by atoms with E-state index in [1.54, 1.807) is 23.5 Å². The minimum atomic E-state index is -0.873. The largest absolute Gasteiger partial charge is 0.478 e. The normalized spacial score (nSPS) is 15.6. The molecule has 2 heterocycles. The Labute approximate surface area is 150 Å². The van der Waals surface area contributed by atoms with Gasteiger partial charge in [0.15, 0.2) is 5.13 Å². The van der Waals surface area contributed by atoms with E-state index in [4.69, 9.17) is 10.1 Å². The number of aromatic nitrogens is 1. The van der Waals surface area contributed by atoms with Gasteiger partial charge in [-0.25, -0.2) is 9.78 Å². The number of carbonyl (C=O) groups is 1. The molecule has 1 fully saturated rings. The first-order chi connectivity index (χ1) is 12.2. The summed E-state index contributed by atoms with van der Waals surface area (Å²) >= 11 is 1.75. The molecule has 1 aliphatic rings. The van der Waals surface area contributed by atoms with E-state index in [2.05, 4.69) is 21.9 Å². The summed E-state index contributed by atoms with van der Waals surface area (Å²) in [4.78, 5) is 20.5. The van der Waals surface area contributed by atoms with Gasteiger partial charge in [-0.15, -0.1) is 0 Å². The molecule has 0 amide bonds. The number of anilines is 1. The van der Waals surface area contributed by atoms with Crippen LogP contribution in [0.2, 0.25) is 0 Å². The highest BCUT2D eigenvalue weighted by Crippen LogP contribution is 2.29. The van der Waals surface area contributed by atoms with Crippen LogP contribution < -0.4 is 4.90 Å². The van der Waals surface area contributed by atoms with Crippen LogP contribution in [0.3, 0.4) is 0 Å². The van der Waals surface area contributed by atoms with Crippen molar-refractivity contribution in [3.63, 3.8) is 0 Å². The Morgan fingerprint density at radius 2 is 1.88 bits per heavy atom. The number of carboxylic acid groups (broad SMARTS) is 1. The van der Waals surface area contributed by atoms with E-state index in [0.29, 0.717) is 5.56 Å². The lowest BCUT2D eigenvalue weighted by atomic mass is 10.1. The van der Waals surface area contributed by atoms with E-state index in [0.717, 1.165) is 48.9 Å². The van der Waals surface area contributed by atoms with Crippen LogP contribution in [-0.2, 0) is 6.54 Å². The number of fused-ring (bicyclic) bond motifs is 1. The molecular weight excluding hydrogens is 334 g/mol. The van der Waals surface area contributed by atoms with Crippen LogP contribution in [0.15, 0.2) is 48.5 Å². The zero-order chi connectivity index (χ0) is 17.2. The third-order valence-corrected chi connectivity index (χ3v) is 5.60. The number of hydrogen-bond acceptors (Lipinski definition) is 5. The van der Waals surface area contributed by atoms with Crippen molar-refractivity contribution in [3.05, 3.63) is 59.7 Å². The molecule has 0 unspecified atom stereocenters. The van der Waals surface area contributed by atoms with Crippen LogP contribution in [0.25, 0.3) is 10.2 Å². The Balaban J connectivity index is 1.39. The molecule has 3 aromatic rings. The third-order valence-electron chi connectivity index (χ3n) is 4.51. The van der Waals surface area contributed by atoms with E-state index in [9.17, 15) is 4.79 Å². The quantitative estimate of drug-likeness (QED) is 0.780. The minimum absolute atomic E-state index is 0.352. The molecule has 2 aromatic carbocycles. The predicted molar refractivity (Wildman–Crippen MR) is 101 cm³/mol. The van der Waals surface area contributed by atoms with Crippen molar-refractivity contribution in [2.75, 3.05) is 31.1 Å². The predicted octanol–water partition coefficient (Wildman–Crippen LogP) is 3.32. The molecular formula is C19H19N3O2S. The third kappa shape index (κ3) is 3.50. The highest BCUT2D eigenvalue weighted by atomic mass is 32.1. The summed E-state index contributed by atoms with van der Waals surface area (Å²) in [5.41, 5.74) is 2.47. The number of carboxylic acids is 1. The van der Waals surface area contributed by atoms with E-state index in [-0.39, 0.29) is 0 Å². The smallest absolute Gasteiger partial charge is 0.335 e. The first-order valence-electron chi connectivity index (χ1n) is 8.34. The number of aromatic carboxylic acids is 1. The summed E-state index contributed by atoms with van der Waals surface area (Å²) in [7, 11) is 0. The number of benzene rings is 2. The summed E-state index contributed by atoms with van der Waals surface area (Å²) in [6.45, 7) is 4.58. The molecule has 25 heavy (non-hydrogen) atoms. The molecule has 0 saturated carbocycles. The number of para-hydroxylation sites is 1. The van der Waals surface area contributed by atoms with Gasteiger partial charge < -0.3 is 10.0 Å². The van der Waals surface area contributed by atoms with Gasteiger partial charge in [-0.1, -0.05) is 35.6 Å². The van der Waals surface area contributed by atoms with Crippen LogP contribution in [0.5, 0.6) is 0 Å². The molecule has 0 radical (unpaired) electrons. The molecule has 0 atom stereocenters. The fourth-order valence-electron chi connectivity index (χ4n) is 3.15. The number of piperazine rings is 1. The molecule has 4 rings (SSSR count). The Kier molecular flexibility index (Phi) is 4.38. The van der Waals surface area contributed by atoms with Crippen molar-refractivity contribution >= 4 is 32.7 Å². The maximum Gasteiger partial charge on any atom is 0.335 e. The lowest BCUT2D eigenvalue weighted by Gasteiger charge is -2.34. The van der Waals surface area contributed by atoms with E-state index >= 15 is 0 Å². The van der Waals surface area contributed by atoms with Gasteiger partial charge in [0.2, 0.25) is 0 Å². The molecule has 1 aliphatic heterocycles. The van der Waals surface area contributed by atoms with Crippen LogP contribution in [-0.4, -0.2) is 47.1 Å². The van der Waals surface area contributed by atoms with Crippen molar-refractivity contribution in [1.82, 2.24) is 9.88 Å².